The number of hydrogen-bond acceptors (Lipinski definition) is 4. The van der Waals surface area contributed by atoms with Crippen LogP contribution >= 0.6 is 0 Å². The van der Waals surface area contributed by atoms with Gasteiger partial charge in [0.2, 0.25) is 5.91 Å². The van der Waals surface area contributed by atoms with Crippen LogP contribution in [-0.2, 0) is 10.3 Å². The molecule has 1 fully saturated rings. The minimum Gasteiger partial charge on any atom is -0.369 e. The first-order valence-electron chi connectivity index (χ1n) is 9.67. The maximum atomic E-state index is 13.3. The fourth-order valence-corrected chi connectivity index (χ4v) is 4.23. The van der Waals surface area contributed by atoms with E-state index in [0.29, 0.717) is 11.5 Å². The molecule has 4 rings (SSSR count). The molecule has 0 radical (unpaired) electrons. The van der Waals surface area contributed by atoms with Gasteiger partial charge in [-0.1, -0.05) is 42.8 Å². The summed E-state index contributed by atoms with van der Waals surface area (Å²) in [5.41, 5.74) is 8.80. The molecule has 1 aliphatic carbocycles. The Morgan fingerprint density at radius 2 is 1.86 bits per heavy atom. The second-order valence-electron chi connectivity index (χ2n) is 7.93. The Kier molecular flexibility index (Phi) is 4.43. The molecule has 28 heavy (non-hydrogen) atoms. The third-order valence-corrected chi connectivity index (χ3v) is 6.25. The van der Waals surface area contributed by atoms with E-state index in [1.165, 1.54) is 29.7 Å². The second-order valence-corrected chi connectivity index (χ2v) is 7.93. The third kappa shape index (κ3) is 2.86. The smallest absolute Gasteiger partial charge is 0.239 e. The van der Waals surface area contributed by atoms with E-state index in [9.17, 15) is 10.1 Å². The van der Waals surface area contributed by atoms with Crippen molar-refractivity contribution in [1.82, 2.24) is 4.90 Å². The lowest BCUT2D eigenvalue weighted by Gasteiger charge is -2.41. The summed E-state index contributed by atoms with van der Waals surface area (Å²) >= 11 is 0. The Morgan fingerprint density at radius 1 is 1.18 bits per heavy atom. The molecule has 2 aliphatic rings. The zero-order valence-corrected chi connectivity index (χ0v) is 16.2. The predicted octanol–water partition coefficient (Wildman–Crippen LogP) is 3.61. The van der Waals surface area contributed by atoms with E-state index in [4.69, 9.17) is 10.7 Å². The molecule has 0 bridgehead atoms. The molecule has 142 valence electrons. The summed E-state index contributed by atoms with van der Waals surface area (Å²) in [5, 5.41) is 9.30. The van der Waals surface area contributed by atoms with Gasteiger partial charge in [-0.05, 0) is 54.5 Å². The van der Waals surface area contributed by atoms with Crippen LogP contribution in [0.4, 0.5) is 0 Å². The van der Waals surface area contributed by atoms with Gasteiger partial charge >= 0.3 is 0 Å². The number of carbonyl (C=O) groups is 1. The molecule has 0 aromatic heterocycles. The maximum absolute atomic E-state index is 13.3. The molecular formula is C23H24N4O. The van der Waals surface area contributed by atoms with Crippen LogP contribution < -0.4 is 5.73 Å². The van der Waals surface area contributed by atoms with Crippen molar-refractivity contribution in [3.63, 3.8) is 0 Å². The van der Waals surface area contributed by atoms with E-state index in [0.717, 1.165) is 11.1 Å². The first kappa shape index (κ1) is 18.2. The number of likely N-dealkylation sites (N-methyl/N-ethyl adjacent to an activating group) is 1. The minimum absolute atomic E-state index is 0.0891. The van der Waals surface area contributed by atoms with Gasteiger partial charge in [-0.3, -0.25) is 9.69 Å². The monoisotopic (exact) mass is 372 g/mol. The molecule has 1 aliphatic heterocycles. The molecule has 2 atom stereocenters. The van der Waals surface area contributed by atoms with Crippen LogP contribution in [0.25, 0.3) is 0 Å². The van der Waals surface area contributed by atoms with Crippen LogP contribution in [0, 0.1) is 11.3 Å². The summed E-state index contributed by atoms with van der Waals surface area (Å²) in [5.74, 6) is 0.242. The number of guanidine groups is 1. The largest absolute Gasteiger partial charge is 0.369 e. The highest BCUT2D eigenvalue weighted by molar-refractivity contribution is 6.02. The van der Waals surface area contributed by atoms with Crippen LogP contribution in [0.5, 0.6) is 0 Å². The van der Waals surface area contributed by atoms with Gasteiger partial charge in [0.25, 0.3) is 0 Å². The normalized spacial score (nSPS) is 25.0. The standard InChI is InChI=1S/C23H24N4O/c1-23(19-8-3-5-15(13-19)14-24)20(21(28)27(2)22(25)26-23)18-11-9-17(10-12-18)16-6-4-7-16/h3,5,8-13,16,20H,4,6-7H2,1-2H3,(H2,25,26)/t20-,23?/m1/s1. The average Bonchev–Trinajstić information content (AvgIpc) is 2.66. The van der Waals surface area contributed by atoms with Crippen molar-refractivity contribution in [2.45, 2.75) is 43.6 Å². The van der Waals surface area contributed by atoms with Gasteiger partial charge in [0, 0.05) is 7.05 Å². The van der Waals surface area contributed by atoms with Gasteiger partial charge in [0.05, 0.1) is 17.6 Å². The van der Waals surface area contributed by atoms with Gasteiger partial charge in [-0.15, -0.1) is 0 Å². The first-order chi connectivity index (χ1) is 13.4. The van der Waals surface area contributed by atoms with Gasteiger partial charge < -0.3 is 5.73 Å². The number of nitriles is 1. The molecule has 2 N–H and O–H groups in total. The highest BCUT2D eigenvalue weighted by Gasteiger charge is 2.47. The molecule has 2 aromatic rings. The fourth-order valence-electron chi connectivity index (χ4n) is 4.23. The van der Waals surface area contributed by atoms with E-state index in [-0.39, 0.29) is 11.9 Å². The Morgan fingerprint density at radius 3 is 2.46 bits per heavy atom. The Balaban J connectivity index is 1.81. The van der Waals surface area contributed by atoms with Crippen molar-refractivity contribution in [3.05, 3.63) is 70.8 Å². The van der Waals surface area contributed by atoms with Crippen molar-refractivity contribution in [2.75, 3.05) is 7.05 Å². The molecule has 1 amide bonds. The van der Waals surface area contributed by atoms with Crippen LogP contribution in [0.2, 0.25) is 0 Å². The Bertz CT molecular complexity index is 984. The number of aliphatic imine (C=N–C) groups is 1. The van der Waals surface area contributed by atoms with Crippen molar-refractivity contribution in [3.8, 4) is 6.07 Å². The molecule has 0 saturated heterocycles. The number of rotatable bonds is 3. The number of nitrogens with zero attached hydrogens (tertiary/aromatic N) is 3. The van der Waals surface area contributed by atoms with Crippen molar-refractivity contribution < 1.29 is 4.79 Å². The number of hydrogen-bond donors (Lipinski definition) is 1. The SMILES string of the molecule is CN1C(=O)[C@@H](c2ccc(C3CCC3)cc2)C(C)(c2cccc(C#N)c2)N=C1N. The summed E-state index contributed by atoms with van der Waals surface area (Å²) in [4.78, 5) is 19.4. The van der Waals surface area contributed by atoms with Crippen LogP contribution in [0.3, 0.4) is 0 Å². The quantitative estimate of drug-likeness (QED) is 0.893. The molecule has 1 unspecified atom stereocenters. The Labute approximate surface area is 165 Å². The van der Waals surface area contributed by atoms with Crippen molar-refractivity contribution >= 4 is 11.9 Å². The van der Waals surface area contributed by atoms with E-state index < -0.39 is 11.5 Å². The molecule has 1 saturated carbocycles. The van der Waals surface area contributed by atoms with E-state index in [1.807, 2.05) is 31.2 Å². The summed E-state index contributed by atoms with van der Waals surface area (Å²) in [6.45, 7) is 1.92. The third-order valence-electron chi connectivity index (χ3n) is 6.25. The van der Waals surface area contributed by atoms with E-state index in [1.54, 1.807) is 19.2 Å². The predicted molar refractivity (Wildman–Crippen MR) is 109 cm³/mol. The van der Waals surface area contributed by atoms with E-state index in [2.05, 4.69) is 18.2 Å². The lowest BCUT2D eigenvalue weighted by molar-refractivity contribution is -0.130. The highest BCUT2D eigenvalue weighted by Crippen LogP contribution is 2.44. The molecule has 1 heterocycles. The summed E-state index contributed by atoms with van der Waals surface area (Å²) in [6.07, 6.45) is 3.77. The van der Waals surface area contributed by atoms with Gasteiger partial charge in [0.1, 0.15) is 5.54 Å². The molecule has 0 spiro atoms. The van der Waals surface area contributed by atoms with Crippen molar-refractivity contribution in [1.29, 1.82) is 5.26 Å². The molecular weight excluding hydrogens is 348 g/mol. The number of nitrogens with two attached hydrogens (primary N) is 1. The lowest BCUT2D eigenvalue weighted by Crippen LogP contribution is -2.52. The summed E-state index contributed by atoms with van der Waals surface area (Å²) in [7, 11) is 1.65. The van der Waals surface area contributed by atoms with Crippen LogP contribution in [-0.4, -0.2) is 23.8 Å². The second kappa shape index (κ2) is 6.79. The number of amides is 1. The van der Waals surface area contributed by atoms with Crippen molar-refractivity contribution in [2.24, 2.45) is 10.7 Å². The summed E-state index contributed by atoms with van der Waals surface area (Å²) < 4.78 is 0. The first-order valence-corrected chi connectivity index (χ1v) is 9.67. The van der Waals surface area contributed by atoms with E-state index >= 15 is 0 Å². The van der Waals surface area contributed by atoms with Gasteiger partial charge in [-0.25, -0.2) is 4.99 Å². The number of carbonyl (C=O) groups excluding carboxylic acids is 1. The molecule has 2 aromatic carbocycles. The average molecular weight is 372 g/mol. The van der Waals surface area contributed by atoms with Gasteiger partial charge in [0.15, 0.2) is 5.96 Å². The minimum atomic E-state index is -0.876. The fraction of sp³-hybridized carbons (Fsp3) is 0.348. The topological polar surface area (TPSA) is 82.5 Å². The zero-order valence-electron chi connectivity index (χ0n) is 16.2. The molecule has 5 nitrogen and oxygen atoms in total. The zero-order chi connectivity index (χ0) is 19.9. The van der Waals surface area contributed by atoms with Crippen LogP contribution in [0.15, 0.2) is 53.5 Å². The lowest BCUT2D eigenvalue weighted by atomic mass is 9.73. The Hall–Kier alpha value is -3.13. The highest BCUT2D eigenvalue weighted by atomic mass is 16.2. The van der Waals surface area contributed by atoms with Gasteiger partial charge in [-0.2, -0.15) is 5.26 Å². The molecule has 5 heteroatoms. The summed E-state index contributed by atoms with van der Waals surface area (Å²) in [6, 6.07) is 17.8. The number of benzene rings is 2. The maximum Gasteiger partial charge on any atom is 0.239 e. The van der Waals surface area contributed by atoms with Crippen LogP contribution in [0.1, 0.15) is 60.3 Å².